The third-order valence-electron chi connectivity index (χ3n) is 6.38. The van der Waals surface area contributed by atoms with Gasteiger partial charge in [-0.05, 0) is 36.2 Å². The molecule has 0 spiro atoms. The third-order valence-corrected chi connectivity index (χ3v) is 6.38. The van der Waals surface area contributed by atoms with Crippen LogP contribution in [0, 0.1) is 6.92 Å². The van der Waals surface area contributed by atoms with E-state index in [-0.39, 0.29) is 11.2 Å². The van der Waals surface area contributed by atoms with Crippen molar-refractivity contribution in [2.45, 2.75) is 26.2 Å². The van der Waals surface area contributed by atoms with Gasteiger partial charge in [-0.3, -0.25) is 4.99 Å². The Balaban J connectivity index is 1.78. The van der Waals surface area contributed by atoms with E-state index >= 15 is 0 Å². The van der Waals surface area contributed by atoms with Crippen molar-refractivity contribution in [2.24, 2.45) is 4.99 Å². The molecule has 0 saturated heterocycles. The zero-order chi connectivity index (χ0) is 24.3. The van der Waals surface area contributed by atoms with Gasteiger partial charge >= 0.3 is 0 Å². The van der Waals surface area contributed by atoms with Crippen LogP contribution in [0.5, 0.6) is 5.75 Å². The maximum Gasteiger partial charge on any atom is 0.128 e. The van der Waals surface area contributed by atoms with Crippen molar-refractivity contribution in [3.8, 4) is 16.9 Å². The number of benzene rings is 4. The molecule has 0 amide bonds. The Bertz CT molecular complexity index is 1320. The molecular formula is C31H32N2O. The predicted octanol–water partition coefficient (Wildman–Crippen LogP) is 7.51. The van der Waals surface area contributed by atoms with Crippen LogP contribution in [0.25, 0.3) is 11.1 Å². The van der Waals surface area contributed by atoms with Gasteiger partial charge < -0.3 is 10.0 Å². The summed E-state index contributed by atoms with van der Waals surface area (Å²) in [6.45, 7) is 6.35. The number of hydrogen-bond donors (Lipinski definition) is 1. The van der Waals surface area contributed by atoms with Crippen LogP contribution < -0.4 is 4.90 Å². The molecular weight excluding hydrogens is 416 g/mol. The lowest BCUT2D eigenvalue weighted by Gasteiger charge is -2.28. The van der Waals surface area contributed by atoms with Crippen LogP contribution >= 0.6 is 0 Å². The van der Waals surface area contributed by atoms with Gasteiger partial charge in [-0.1, -0.05) is 86.6 Å². The number of phenolic OH excluding ortho intramolecular Hbond substituents is 1. The maximum atomic E-state index is 11.3. The van der Waals surface area contributed by atoms with Crippen LogP contribution in [-0.4, -0.2) is 25.4 Å². The van der Waals surface area contributed by atoms with E-state index in [1.54, 1.807) is 6.21 Å². The summed E-state index contributed by atoms with van der Waals surface area (Å²) >= 11 is 0. The second kappa shape index (κ2) is 9.56. The normalized spacial score (nSPS) is 11.7. The van der Waals surface area contributed by atoms with E-state index in [1.807, 2.05) is 68.7 Å². The van der Waals surface area contributed by atoms with Crippen LogP contribution in [-0.2, 0) is 5.41 Å². The second-order valence-electron chi connectivity index (χ2n) is 9.43. The summed E-state index contributed by atoms with van der Waals surface area (Å²) in [6.07, 6.45) is 1.78. The van der Waals surface area contributed by atoms with Crippen molar-refractivity contribution >= 4 is 17.6 Å². The topological polar surface area (TPSA) is 35.8 Å². The molecule has 0 aliphatic heterocycles. The number of hydrogen-bond acceptors (Lipinski definition) is 3. The zero-order valence-electron chi connectivity index (χ0n) is 20.6. The van der Waals surface area contributed by atoms with Gasteiger partial charge in [0, 0.05) is 53.7 Å². The van der Waals surface area contributed by atoms with E-state index in [4.69, 9.17) is 4.99 Å². The molecule has 1 N–H and O–H groups in total. The maximum absolute atomic E-state index is 11.3. The first kappa shape index (κ1) is 23.3. The highest BCUT2D eigenvalue weighted by molar-refractivity contribution is 5.91. The van der Waals surface area contributed by atoms with E-state index in [0.29, 0.717) is 0 Å². The van der Waals surface area contributed by atoms with Gasteiger partial charge in [0.05, 0.1) is 5.69 Å². The van der Waals surface area contributed by atoms with Gasteiger partial charge in [0.1, 0.15) is 5.75 Å². The molecule has 0 aliphatic carbocycles. The highest BCUT2D eigenvalue weighted by Crippen LogP contribution is 2.40. The van der Waals surface area contributed by atoms with Crippen molar-refractivity contribution in [2.75, 3.05) is 19.0 Å². The average Bonchev–Trinajstić information content (AvgIpc) is 2.85. The smallest absolute Gasteiger partial charge is 0.128 e. The lowest BCUT2D eigenvalue weighted by Crippen LogP contribution is -2.19. The number of rotatable bonds is 6. The molecule has 4 aromatic carbocycles. The number of aromatic hydroxyl groups is 1. The Morgan fingerprint density at radius 3 is 2.12 bits per heavy atom. The number of nitrogens with zero attached hydrogens (tertiary/aromatic N) is 2. The first-order chi connectivity index (χ1) is 16.3. The van der Waals surface area contributed by atoms with Crippen molar-refractivity contribution in [1.29, 1.82) is 0 Å². The van der Waals surface area contributed by atoms with Crippen molar-refractivity contribution in [3.05, 3.63) is 113 Å². The van der Waals surface area contributed by atoms with E-state index in [0.717, 1.165) is 44.8 Å². The van der Waals surface area contributed by atoms with Gasteiger partial charge in [0.25, 0.3) is 0 Å². The summed E-state index contributed by atoms with van der Waals surface area (Å²) in [5.74, 6) is 0.273. The SMILES string of the molecule is Cc1cc(C=Nc2ccccc2-c2ccccc2N(C)C)c(O)c(C(C)(C)c2ccccc2)c1. The van der Waals surface area contributed by atoms with Gasteiger partial charge in [-0.25, -0.2) is 0 Å². The van der Waals surface area contributed by atoms with Gasteiger partial charge in [-0.15, -0.1) is 0 Å². The van der Waals surface area contributed by atoms with E-state index in [2.05, 4.69) is 62.1 Å². The highest BCUT2D eigenvalue weighted by Gasteiger charge is 2.27. The van der Waals surface area contributed by atoms with Crippen molar-refractivity contribution in [3.63, 3.8) is 0 Å². The summed E-state index contributed by atoms with van der Waals surface area (Å²) < 4.78 is 0. The lowest BCUT2D eigenvalue weighted by atomic mass is 9.76. The van der Waals surface area contributed by atoms with Gasteiger partial charge in [-0.2, -0.15) is 0 Å². The fourth-order valence-electron chi connectivity index (χ4n) is 4.44. The molecule has 0 unspecified atom stereocenters. The van der Waals surface area contributed by atoms with Crippen LogP contribution in [0.4, 0.5) is 11.4 Å². The molecule has 3 nitrogen and oxygen atoms in total. The van der Waals surface area contributed by atoms with Crippen LogP contribution in [0.15, 0.2) is 96.0 Å². The summed E-state index contributed by atoms with van der Waals surface area (Å²) in [5, 5.41) is 11.3. The number of anilines is 1. The Morgan fingerprint density at radius 2 is 1.41 bits per heavy atom. The minimum atomic E-state index is -0.345. The second-order valence-corrected chi connectivity index (χ2v) is 9.43. The van der Waals surface area contributed by atoms with Crippen molar-refractivity contribution in [1.82, 2.24) is 0 Å². The molecule has 172 valence electrons. The minimum absolute atomic E-state index is 0.273. The molecule has 0 atom stereocenters. The molecule has 4 aromatic rings. The van der Waals surface area contributed by atoms with Crippen LogP contribution in [0.1, 0.15) is 36.1 Å². The lowest BCUT2D eigenvalue weighted by molar-refractivity contribution is 0.452. The Labute approximate surface area is 203 Å². The first-order valence-electron chi connectivity index (χ1n) is 11.6. The quantitative estimate of drug-likeness (QED) is 0.310. The summed E-state index contributed by atoms with van der Waals surface area (Å²) in [7, 11) is 4.09. The molecule has 0 saturated carbocycles. The number of aliphatic imine (C=N–C) groups is 1. The van der Waals surface area contributed by atoms with E-state index < -0.39 is 0 Å². The number of para-hydroxylation sites is 2. The van der Waals surface area contributed by atoms with Crippen LogP contribution in [0.3, 0.4) is 0 Å². The van der Waals surface area contributed by atoms with E-state index in [1.165, 1.54) is 0 Å². The highest BCUT2D eigenvalue weighted by atomic mass is 16.3. The molecule has 34 heavy (non-hydrogen) atoms. The standard InChI is InChI=1S/C31H32N2O/c1-22-19-23(30(34)27(20-22)31(2,3)24-13-7-6-8-14-24)21-32-28-17-11-9-15-25(28)26-16-10-12-18-29(26)33(4)5/h6-21,34H,1-5H3. The number of aryl methyl sites for hydroxylation is 1. The predicted molar refractivity (Wildman–Crippen MR) is 145 cm³/mol. The Hall–Kier alpha value is -3.85. The minimum Gasteiger partial charge on any atom is -0.507 e. The van der Waals surface area contributed by atoms with Gasteiger partial charge in [0.15, 0.2) is 0 Å². The third kappa shape index (κ3) is 4.60. The number of phenols is 1. The summed E-state index contributed by atoms with van der Waals surface area (Å²) in [4.78, 5) is 6.96. The monoisotopic (exact) mass is 448 g/mol. The molecule has 0 aliphatic rings. The average molecular weight is 449 g/mol. The van der Waals surface area contributed by atoms with Gasteiger partial charge in [0.2, 0.25) is 0 Å². The molecule has 0 aromatic heterocycles. The first-order valence-corrected chi connectivity index (χ1v) is 11.6. The molecule has 0 bridgehead atoms. The zero-order valence-corrected chi connectivity index (χ0v) is 20.6. The fourth-order valence-corrected chi connectivity index (χ4v) is 4.44. The fraction of sp³-hybridized carbons (Fsp3) is 0.194. The molecule has 0 heterocycles. The van der Waals surface area contributed by atoms with Crippen LogP contribution in [0.2, 0.25) is 0 Å². The molecule has 0 fully saturated rings. The summed E-state index contributed by atoms with van der Waals surface area (Å²) in [5.41, 5.74) is 7.69. The summed E-state index contributed by atoms with van der Waals surface area (Å²) in [6, 6.07) is 30.8. The molecule has 0 radical (unpaired) electrons. The van der Waals surface area contributed by atoms with Crippen molar-refractivity contribution < 1.29 is 5.11 Å². The van der Waals surface area contributed by atoms with E-state index in [9.17, 15) is 5.11 Å². The Morgan fingerprint density at radius 1 is 0.794 bits per heavy atom. The largest absolute Gasteiger partial charge is 0.507 e. The molecule has 3 heteroatoms. The Kier molecular flexibility index (Phi) is 6.56. The molecule has 4 rings (SSSR count).